The van der Waals surface area contributed by atoms with Gasteiger partial charge in [-0.15, -0.1) is 0 Å². The number of amides is 1. The first-order chi connectivity index (χ1) is 14.3. The van der Waals surface area contributed by atoms with Gasteiger partial charge in [0.05, 0.1) is 12.0 Å². The fourth-order valence-corrected chi connectivity index (χ4v) is 3.55. The van der Waals surface area contributed by atoms with E-state index in [1.54, 1.807) is 23.1 Å². The summed E-state index contributed by atoms with van der Waals surface area (Å²) in [5, 5.41) is 3.79. The van der Waals surface area contributed by atoms with Crippen LogP contribution in [0, 0.1) is 5.82 Å². The van der Waals surface area contributed by atoms with Crippen LogP contribution in [0.15, 0.2) is 53.1 Å². The molecule has 30 heavy (non-hydrogen) atoms. The van der Waals surface area contributed by atoms with Crippen LogP contribution in [0.4, 0.5) is 17.6 Å². The zero-order valence-corrected chi connectivity index (χ0v) is 15.7. The zero-order chi connectivity index (χ0) is 21.3. The quantitative estimate of drug-likeness (QED) is 0.570. The lowest BCUT2D eigenvalue weighted by Gasteiger charge is -2.22. The molecule has 156 valence electrons. The minimum absolute atomic E-state index is 0.0181. The Kier molecular flexibility index (Phi) is 5.27. The molecular formula is C21H17F4N3O2. The number of alkyl halides is 3. The fraction of sp³-hybridized carbons (Fsp3) is 0.286. The van der Waals surface area contributed by atoms with Gasteiger partial charge in [0.15, 0.2) is 0 Å². The van der Waals surface area contributed by atoms with Crippen LogP contribution in [-0.2, 0) is 17.4 Å². The fourth-order valence-electron chi connectivity index (χ4n) is 3.55. The second kappa shape index (κ2) is 7.89. The van der Waals surface area contributed by atoms with Gasteiger partial charge in [0.25, 0.3) is 0 Å². The number of aromatic nitrogens is 2. The van der Waals surface area contributed by atoms with E-state index in [0.717, 1.165) is 12.1 Å². The van der Waals surface area contributed by atoms with Crippen LogP contribution in [0.25, 0.3) is 11.4 Å². The molecule has 9 heteroatoms. The lowest BCUT2D eigenvalue weighted by atomic mass is 10.1. The summed E-state index contributed by atoms with van der Waals surface area (Å²) >= 11 is 0. The van der Waals surface area contributed by atoms with Crippen molar-refractivity contribution in [3.8, 4) is 11.4 Å². The molecule has 1 amide bonds. The predicted octanol–water partition coefficient (Wildman–Crippen LogP) is 4.80. The van der Waals surface area contributed by atoms with Crippen molar-refractivity contribution in [3.05, 3.63) is 71.4 Å². The van der Waals surface area contributed by atoms with Gasteiger partial charge >= 0.3 is 6.18 Å². The van der Waals surface area contributed by atoms with Gasteiger partial charge in [-0.2, -0.15) is 18.2 Å². The summed E-state index contributed by atoms with van der Waals surface area (Å²) in [6, 6.07) is 10.2. The molecule has 1 fully saturated rings. The highest BCUT2D eigenvalue weighted by molar-refractivity contribution is 5.79. The lowest BCUT2D eigenvalue weighted by molar-refractivity contribution is -0.137. The molecule has 0 N–H and O–H groups in total. The maximum Gasteiger partial charge on any atom is 0.416 e. The molecule has 2 heterocycles. The standard InChI is InChI=1S/C21H17F4N3O2/c22-16-8-2-1-5-13(16)12-18(29)28-10-4-9-17(28)20-26-19(27-30-20)14-6-3-7-15(11-14)21(23,24)25/h1-3,5-8,11,17H,4,9-10,12H2. The van der Waals surface area contributed by atoms with Crippen LogP contribution in [0.5, 0.6) is 0 Å². The van der Waals surface area contributed by atoms with Crippen LogP contribution in [0.1, 0.15) is 35.9 Å². The van der Waals surface area contributed by atoms with E-state index in [1.165, 1.54) is 18.2 Å². The van der Waals surface area contributed by atoms with Crippen molar-refractivity contribution >= 4 is 5.91 Å². The Morgan fingerprint density at radius 3 is 2.73 bits per heavy atom. The number of hydrogen-bond donors (Lipinski definition) is 0. The summed E-state index contributed by atoms with van der Waals surface area (Å²) < 4.78 is 58.0. The van der Waals surface area contributed by atoms with Crippen LogP contribution in [0.3, 0.4) is 0 Å². The van der Waals surface area contributed by atoms with E-state index in [-0.39, 0.29) is 29.6 Å². The molecule has 0 bridgehead atoms. The molecule has 0 saturated carbocycles. The maximum absolute atomic E-state index is 13.9. The molecular weight excluding hydrogens is 402 g/mol. The summed E-state index contributed by atoms with van der Waals surface area (Å²) in [7, 11) is 0. The van der Waals surface area contributed by atoms with Crippen LogP contribution in [0.2, 0.25) is 0 Å². The van der Waals surface area contributed by atoms with Crippen molar-refractivity contribution in [1.82, 2.24) is 15.0 Å². The Morgan fingerprint density at radius 1 is 1.17 bits per heavy atom. The number of rotatable bonds is 4. The maximum atomic E-state index is 13.9. The van der Waals surface area contributed by atoms with E-state index in [2.05, 4.69) is 10.1 Å². The summed E-state index contributed by atoms with van der Waals surface area (Å²) in [6.07, 6.45) is -3.30. The van der Waals surface area contributed by atoms with Gasteiger partial charge in [-0.25, -0.2) is 4.39 Å². The van der Waals surface area contributed by atoms with E-state index in [4.69, 9.17) is 4.52 Å². The molecule has 0 radical (unpaired) electrons. The Bertz CT molecular complexity index is 1060. The van der Waals surface area contributed by atoms with Crippen LogP contribution < -0.4 is 0 Å². The molecule has 1 aromatic heterocycles. The summed E-state index contributed by atoms with van der Waals surface area (Å²) in [5.41, 5.74) is -0.348. The number of benzene rings is 2. The average molecular weight is 419 g/mol. The van der Waals surface area contributed by atoms with Crippen molar-refractivity contribution in [2.24, 2.45) is 0 Å². The monoisotopic (exact) mass is 419 g/mol. The number of hydrogen-bond acceptors (Lipinski definition) is 4. The Balaban J connectivity index is 1.54. The van der Waals surface area contributed by atoms with Gasteiger partial charge < -0.3 is 9.42 Å². The summed E-state index contributed by atoms with van der Waals surface area (Å²) in [6.45, 7) is 0.458. The van der Waals surface area contributed by atoms with Crippen LogP contribution in [-0.4, -0.2) is 27.5 Å². The highest BCUT2D eigenvalue weighted by atomic mass is 19.4. The van der Waals surface area contributed by atoms with Gasteiger partial charge in [0.1, 0.15) is 11.9 Å². The van der Waals surface area contributed by atoms with E-state index in [0.29, 0.717) is 24.9 Å². The number of likely N-dealkylation sites (tertiary alicyclic amines) is 1. The third-order valence-corrected chi connectivity index (χ3v) is 5.05. The predicted molar refractivity (Wildman–Crippen MR) is 98.5 cm³/mol. The van der Waals surface area contributed by atoms with Gasteiger partial charge in [0.2, 0.25) is 17.6 Å². The largest absolute Gasteiger partial charge is 0.416 e. The highest BCUT2D eigenvalue weighted by Crippen LogP contribution is 2.34. The van der Waals surface area contributed by atoms with Gasteiger partial charge in [0, 0.05) is 12.1 Å². The normalized spacial score (nSPS) is 16.8. The van der Waals surface area contributed by atoms with Gasteiger partial charge in [-0.3, -0.25) is 4.79 Å². The number of carbonyl (C=O) groups is 1. The second-order valence-corrected chi connectivity index (χ2v) is 7.05. The first kappa shape index (κ1) is 20.1. The second-order valence-electron chi connectivity index (χ2n) is 7.05. The Labute approximate surface area is 169 Å². The minimum atomic E-state index is -4.48. The molecule has 3 aromatic rings. The molecule has 1 aliphatic rings. The van der Waals surface area contributed by atoms with Crippen molar-refractivity contribution in [2.75, 3.05) is 6.54 Å². The lowest BCUT2D eigenvalue weighted by Crippen LogP contribution is -2.32. The molecule has 1 saturated heterocycles. The summed E-state index contributed by atoms with van der Waals surface area (Å²) in [5.74, 6) is -0.557. The molecule has 5 nitrogen and oxygen atoms in total. The zero-order valence-electron chi connectivity index (χ0n) is 15.7. The number of carbonyl (C=O) groups excluding carboxylic acids is 1. The van der Waals surface area contributed by atoms with Crippen LogP contribution >= 0.6 is 0 Å². The Hall–Kier alpha value is -3.23. The van der Waals surface area contributed by atoms with E-state index < -0.39 is 23.6 Å². The first-order valence-electron chi connectivity index (χ1n) is 9.37. The topological polar surface area (TPSA) is 59.2 Å². The number of nitrogens with zero attached hydrogens (tertiary/aromatic N) is 3. The van der Waals surface area contributed by atoms with E-state index >= 15 is 0 Å². The molecule has 2 aromatic carbocycles. The average Bonchev–Trinajstić information content (AvgIpc) is 3.38. The molecule has 0 aliphatic carbocycles. The number of halogens is 4. The molecule has 1 unspecified atom stereocenters. The Morgan fingerprint density at radius 2 is 1.97 bits per heavy atom. The van der Waals surface area contributed by atoms with E-state index in [9.17, 15) is 22.4 Å². The minimum Gasteiger partial charge on any atom is -0.337 e. The molecule has 0 spiro atoms. The highest BCUT2D eigenvalue weighted by Gasteiger charge is 2.35. The van der Waals surface area contributed by atoms with E-state index in [1.807, 2.05) is 0 Å². The molecule has 4 rings (SSSR count). The van der Waals surface area contributed by atoms with Crippen molar-refractivity contribution in [2.45, 2.75) is 31.5 Å². The van der Waals surface area contributed by atoms with Crippen molar-refractivity contribution < 1.29 is 26.9 Å². The van der Waals surface area contributed by atoms with Crippen molar-refractivity contribution in [3.63, 3.8) is 0 Å². The van der Waals surface area contributed by atoms with Crippen molar-refractivity contribution in [1.29, 1.82) is 0 Å². The van der Waals surface area contributed by atoms with Gasteiger partial charge in [-0.05, 0) is 36.6 Å². The summed E-state index contributed by atoms with van der Waals surface area (Å²) in [4.78, 5) is 18.5. The van der Waals surface area contributed by atoms with Gasteiger partial charge in [-0.1, -0.05) is 35.5 Å². The first-order valence-corrected chi connectivity index (χ1v) is 9.37. The molecule has 1 atom stereocenters. The smallest absolute Gasteiger partial charge is 0.337 e. The third-order valence-electron chi connectivity index (χ3n) is 5.05. The SMILES string of the molecule is O=C(Cc1ccccc1F)N1CCCC1c1nc(-c2cccc(C(F)(F)F)c2)no1. The third kappa shape index (κ3) is 4.05. The molecule has 1 aliphatic heterocycles.